The van der Waals surface area contributed by atoms with Crippen LogP contribution in [0.2, 0.25) is 0 Å². The van der Waals surface area contributed by atoms with E-state index >= 15 is 0 Å². The maximum absolute atomic E-state index is 10.3. The molecule has 5 N–H and O–H groups in total. The number of hydrogen-bond donors (Lipinski definition) is 4. The van der Waals surface area contributed by atoms with Crippen LogP contribution >= 0.6 is 0 Å². The Balaban J connectivity index is 1.66. The Morgan fingerprint density at radius 2 is 1.17 bits per heavy atom. The summed E-state index contributed by atoms with van der Waals surface area (Å²) in [5.74, 6) is 0.379. The van der Waals surface area contributed by atoms with Crippen molar-refractivity contribution in [1.29, 1.82) is 5.41 Å². The first-order chi connectivity index (χ1) is 14.5. The molecule has 0 bridgehead atoms. The van der Waals surface area contributed by atoms with Gasteiger partial charge in [0.1, 0.15) is 11.5 Å². The van der Waals surface area contributed by atoms with Gasteiger partial charge < -0.3 is 15.9 Å². The van der Waals surface area contributed by atoms with E-state index in [-0.39, 0.29) is 17.5 Å². The summed E-state index contributed by atoms with van der Waals surface area (Å²) < 4.78 is 0. The van der Waals surface area contributed by atoms with Crippen molar-refractivity contribution < 1.29 is 10.2 Å². The lowest BCUT2D eigenvalue weighted by Gasteiger charge is -2.26. The zero-order chi connectivity index (χ0) is 20.6. The fraction of sp³-hybridized carbons (Fsp3) is 0. The minimum absolute atomic E-state index is 0.109. The minimum atomic E-state index is -0.109. The van der Waals surface area contributed by atoms with E-state index in [2.05, 4.69) is 0 Å². The molecule has 0 saturated heterocycles. The van der Waals surface area contributed by atoms with Crippen molar-refractivity contribution in [2.75, 3.05) is 4.90 Å². The Labute approximate surface area is 172 Å². The summed E-state index contributed by atoms with van der Waals surface area (Å²) in [6.45, 7) is 0. The average Bonchev–Trinajstić information content (AvgIpc) is 3.24. The Morgan fingerprint density at radius 1 is 0.700 bits per heavy atom. The van der Waals surface area contributed by atoms with Gasteiger partial charge in [-0.3, -0.25) is 10.3 Å². The number of anilines is 2. The van der Waals surface area contributed by atoms with Crippen molar-refractivity contribution >= 4 is 62.5 Å². The van der Waals surface area contributed by atoms with Crippen LogP contribution in [-0.2, 0) is 0 Å². The highest BCUT2D eigenvalue weighted by Crippen LogP contribution is 2.45. The van der Waals surface area contributed by atoms with Gasteiger partial charge in [-0.1, -0.05) is 36.4 Å². The zero-order valence-corrected chi connectivity index (χ0v) is 15.8. The molecule has 30 heavy (non-hydrogen) atoms. The van der Waals surface area contributed by atoms with Crippen LogP contribution < -0.4 is 10.6 Å². The molecule has 2 aliphatic carbocycles. The first kappa shape index (κ1) is 16.7. The van der Waals surface area contributed by atoms with Crippen LogP contribution in [-0.4, -0.2) is 16.2 Å². The highest BCUT2D eigenvalue weighted by atomic mass is 16.3. The lowest BCUT2D eigenvalue weighted by atomic mass is 9.99. The maximum atomic E-state index is 10.3. The quantitative estimate of drug-likeness (QED) is 0.258. The predicted octanol–water partition coefficient (Wildman–Crippen LogP) is 5.76. The third-order valence-electron chi connectivity index (χ3n) is 5.96. The van der Waals surface area contributed by atoms with E-state index in [4.69, 9.17) is 11.1 Å². The summed E-state index contributed by atoms with van der Waals surface area (Å²) in [5, 5.41) is 32.7. The molecule has 0 amide bonds. The van der Waals surface area contributed by atoms with Gasteiger partial charge in [-0.25, -0.2) is 0 Å². The van der Waals surface area contributed by atoms with E-state index in [0.29, 0.717) is 0 Å². The normalized spacial score (nSPS) is 13.6. The molecular formula is C25H17N3O2. The molecule has 5 nitrogen and oxygen atoms in total. The Bertz CT molecular complexity index is 1390. The average molecular weight is 391 g/mol. The lowest BCUT2D eigenvalue weighted by Crippen LogP contribution is -2.32. The highest BCUT2D eigenvalue weighted by Gasteiger charge is 2.25. The van der Waals surface area contributed by atoms with Gasteiger partial charge in [0.25, 0.3) is 0 Å². The van der Waals surface area contributed by atoms with Crippen molar-refractivity contribution in [2.45, 2.75) is 0 Å². The molecule has 4 aromatic rings. The van der Waals surface area contributed by atoms with Crippen LogP contribution in [0.5, 0.6) is 0 Å². The smallest absolute Gasteiger partial charge is 0.197 e. The molecule has 0 saturated carbocycles. The molecule has 0 radical (unpaired) electrons. The minimum Gasteiger partial charge on any atom is -0.507 e. The molecule has 6 rings (SSSR count). The zero-order valence-electron chi connectivity index (χ0n) is 15.8. The fourth-order valence-electron chi connectivity index (χ4n) is 4.74. The maximum Gasteiger partial charge on any atom is 0.197 e. The monoisotopic (exact) mass is 391 g/mol. The van der Waals surface area contributed by atoms with Crippen molar-refractivity contribution in [3.05, 3.63) is 82.9 Å². The van der Waals surface area contributed by atoms with E-state index in [0.717, 1.165) is 55.2 Å². The van der Waals surface area contributed by atoms with Gasteiger partial charge in [0.15, 0.2) is 5.96 Å². The van der Waals surface area contributed by atoms with Gasteiger partial charge in [-0.05, 0) is 47.5 Å². The third kappa shape index (κ3) is 2.03. The predicted molar refractivity (Wildman–Crippen MR) is 123 cm³/mol. The summed E-state index contributed by atoms with van der Waals surface area (Å²) in [4.78, 5) is 1.72. The number of aliphatic hydroxyl groups excluding tert-OH is 2. The molecule has 2 aliphatic rings. The number of nitrogens with one attached hydrogen (secondary N) is 1. The van der Waals surface area contributed by atoms with Crippen LogP contribution in [0.3, 0.4) is 0 Å². The molecule has 144 valence electrons. The first-order valence-electron chi connectivity index (χ1n) is 9.62. The largest absolute Gasteiger partial charge is 0.507 e. The lowest BCUT2D eigenvalue weighted by molar-refractivity contribution is 0.517. The van der Waals surface area contributed by atoms with Gasteiger partial charge in [0.05, 0.1) is 11.4 Å². The van der Waals surface area contributed by atoms with Gasteiger partial charge in [0, 0.05) is 32.7 Å². The van der Waals surface area contributed by atoms with Crippen LogP contribution in [0.25, 0.3) is 45.2 Å². The number of rotatable bonds is 2. The molecule has 0 aromatic heterocycles. The number of guanidine groups is 1. The number of hydrogen-bond acceptors (Lipinski definition) is 3. The SMILES string of the molecule is N=C(N)N(c1ccc2c3c(cccc13)C=C2O)c1ccc2c3c(cccc13)C=C2O. The van der Waals surface area contributed by atoms with E-state index in [1.807, 2.05) is 60.7 Å². The van der Waals surface area contributed by atoms with E-state index in [1.165, 1.54) is 0 Å². The second-order valence-electron chi connectivity index (χ2n) is 7.58. The van der Waals surface area contributed by atoms with Crippen molar-refractivity contribution in [1.82, 2.24) is 0 Å². The Morgan fingerprint density at radius 3 is 1.60 bits per heavy atom. The molecular weight excluding hydrogens is 374 g/mol. The van der Waals surface area contributed by atoms with Gasteiger partial charge >= 0.3 is 0 Å². The van der Waals surface area contributed by atoms with Crippen LogP contribution in [0.1, 0.15) is 22.3 Å². The highest BCUT2D eigenvalue weighted by molar-refractivity contribution is 6.19. The van der Waals surface area contributed by atoms with E-state index in [9.17, 15) is 10.2 Å². The summed E-state index contributed by atoms with van der Waals surface area (Å²) in [5.41, 5.74) is 11.1. The molecule has 0 aliphatic heterocycles. The van der Waals surface area contributed by atoms with Crippen LogP contribution in [0, 0.1) is 5.41 Å². The second-order valence-corrected chi connectivity index (χ2v) is 7.58. The molecule has 0 spiro atoms. The molecule has 4 aromatic carbocycles. The van der Waals surface area contributed by atoms with Gasteiger partial charge in [-0.2, -0.15) is 0 Å². The molecule has 0 atom stereocenters. The van der Waals surface area contributed by atoms with Crippen LogP contribution in [0.4, 0.5) is 11.4 Å². The molecule has 0 unspecified atom stereocenters. The third-order valence-corrected chi connectivity index (χ3v) is 5.96. The van der Waals surface area contributed by atoms with E-state index in [1.54, 1.807) is 17.1 Å². The standard InChI is InChI=1S/C25H17N3O2/c26-25(27)28(19-9-7-17-21(29)11-13-3-1-5-15(19)23(13)17)20-10-8-18-22(30)12-14-4-2-6-16(20)24(14)18/h1-12,29-30H,(H3,26,27). The Hall–Kier alpha value is -4.25. The topological polar surface area (TPSA) is 93.6 Å². The van der Waals surface area contributed by atoms with E-state index < -0.39 is 0 Å². The fourth-order valence-corrected chi connectivity index (χ4v) is 4.74. The van der Waals surface area contributed by atoms with Gasteiger partial charge in [-0.15, -0.1) is 0 Å². The van der Waals surface area contributed by atoms with Crippen molar-refractivity contribution in [3.63, 3.8) is 0 Å². The molecule has 5 heteroatoms. The van der Waals surface area contributed by atoms with Gasteiger partial charge in [0.2, 0.25) is 0 Å². The second kappa shape index (κ2) is 5.64. The summed E-state index contributed by atoms with van der Waals surface area (Å²) >= 11 is 0. The molecule has 0 fully saturated rings. The number of nitrogens with zero attached hydrogens (tertiary/aromatic N) is 1. The van der Waals surface area contributed by atoms with Crippen molar-refractivity contribution in [3.8, 4) is 0 Å². The number of nitrogens with two attached hydrogens (primary N) is 1. The Kier molecular flexibility index (Phi) is 3.14. The summed E-state index contributed by atoms with van der Waals surface area (Å²) in [6, 6.07) is 19.3. The summed E-state index contributed by atoms with van der Waals surface area (Å²) in [6.07, 6.45) is 3.51. The first-order valence-corrected chi connectivity index (χ1v) is 9.62. The molecule has 0 heterocycles. The number of aliphatic hydroxyl groups is 2. The van der Waals surface area contributed by atoms with Crippen molar-refractivity contribution in [2.24, 2.45) is 5.73 Å². The summed E-state index contributed by atoms with van der Waals surface area (Å²) in [7, 11) is 0. The van der Waals surface area contributed by atoms with Crippen LogP contribution in [0.15, 0.2) is 60.7 Å². The number of benzene rings is 4.